The van der Waals surface area contributed by atoms with Crippen molar-refractivity contribution < 1.29 is 4.79 Å². The number of anilines is 1. The minimum atomic E-state index is -0.171. The summed E-state index contributed by atoms with van der Waals surface area (Å²) < 4.78 is 0. The Bertz CT molecular complexity index is 594. The average molecular weight is 290 g/mol. The maximum Gasteiger partial charge on any atom is 0.280 e. The first kappa shape index (κ1) is 14.5. The van der Waals surface area contributed by atoms with Crippen molar-refractivity contribution in [2.24, 2.45) is 5.73 Å². The second-order valence-corrected chi connectivity index (χ2v) is 5.39. The van der Waals surface area contributed by atoms with Crippen molar-refractivity contribution in [2.75, 3.05) is 32.1 Å². The first-order valence-electron chi connectivity index (χ1n) is 6.33. The zero-order valence-electron chi connectivity index (χ0n) is 11.6. The maximum absolute atomic E-state index is 11.8. The fourth-order valence-electron chi connectivity index (χ4n) is 1.72. The number of carbonyl (C=O) groups is 1. The fraction of sp³-hybridized carbons (Fsp3) is 0.286. The quantitative estimate of drug-likeness (QED) is 0.877. The number of hydrogen-bond acceptors (Lipinski definition) is 5. The Hall–Kier alpha value is -1.92. The van der Waals surface area contributed by atoms with E-state index in [1.807, 2.05) is 42.6 Å². The van der Waals surface area contributed by atoms with E-state index in [-0.39, 0.29) is 5.91 Å². The highest BCUT2D eigenvalue weighted by atomic mass is 32.1. The molecule has 0 aliphatic carbocycles. The van der Waals surface area contributed by atoms with Crippen molar-refractivity contribution in [2.45, 2.75) is 0 Å². The molecule has 3 N–H and O–H groups in total. The minimum Gasteiger partial charge on any atom is -0.378 e. The number of nitrogens with one attached hydrogen (secondary N) is 1. The number of hydrogen-bond donors (Lipinski definition) is 2. The van der Waals surface area contributed by atoms with E-state index in [1.54, 1.807) is 0 Å². The molecule has 0 saturated carbocycles. The van der Waals surface area contributed by atoms with Crippen LogP contribution in [0.5, 0.6) is 0 Å². The van der Waals surface area contributed by atoms with E-state index < -0.39 is 0 Å². The number of aromatic nitrogens is 1. The predicted octanol–water partition coefficient (Wildman–Crippen LogP) is 1.56. The van der Waals surface area contributed by atoms with E-state index in [0.717, 1.165) is 16.9 Å². The molecule has 1 aromatic heterocycles. The second kappa shape index (κ2) is 6.49. The van der Waals surface area contributed by atoms with Gasteiger partial charge in [-0.2, -0.15) is 0 Å². The normalized spacial score (nSPS) is 10.3. The van der Waals surface area contributed by atoms with Crippen LogP contribution in [0.2, 0.25) is 0 Å². The van der Waals surface area contributed by atoms with Gasteiger partial charge in [0.15, 0.2) is 5.01 Å². The first-order chi connectivity index (χ1) is 9.61. The van der Waals surface area contributed by atoms with Crippen molar-refractivity contribution in [1.82, 2.24) is 10.3 Å². The van der Waals surface area contributed by atoms with Crippen LogP contribution in [0, 0.1) is 0 Å². The number of thiazole rings is 1. The monoisotopic (exact) mass is 290 g/mol. The van der Waals surface area contributed by atoms with Crippen LogP contribution < -0.4 is 16.0 Å². The van der Waals surface area contributed by atoms with Crippen molar-refractivity contribution in [3.63, 3.8) is 0 Å². The van der Waals surface area contributed by atoms with Crippen molar-refractivity contribution in [3.05, 3.63) is 34.7 Å². The van der Waals surface area contributed by atoms with Crippen LogP contribution in [0.3, 0.4) is 0 Å². The van der Waals surface area contributed by atoms with Gasteiger partial charge in [0.05, 0.1) is 5.69 Å². The number of rotatable bonds is 5. The van der Waals surface area contributed by atoms with Crippen LogP contribution >= 0.6 is 11.3 Å². The molecule has 106 valence electrons. The number of nitrogens with two attached hydrogens (primary N) is 1. The molecule has 0 spiro atoms. The highest BCUT2D eigenvalue weighted by molar-refractivity contribution is 7.12. The standard InChI is InChI=1S/C14H18N4OS/c1-18(2)11-5-3-4-10(8-11)12-9-20-14(17-12)13(19)16-7-6-15/h3-5,8-9H,6-7,15H2,1-2H3,(H,16,19). The summed E-state index contributed by atoms with van der Waals surface area (Å²) in [6, 6.07) is 8.06. The zero-order valence-corrected chi connectivity index (χ0v) is 12.4. The topological polar surface area (TPSA) is 71.2 Å². The molecule has 0 aliphatic heterocycles. The lowest BCUT2D eigenvalue weighted by Crippen LogP contribution is -2.28. The third kappa shape index (κ3) is 3.34. The summed E-state index contributed by atoms with van der Waals surface area (Å²) >= 11 is 1.34. The Kier molecular flexibility index (Phi) is 4.70. The number of carbonyl (C=O) groups excluding carboxylic acids is 1. The third-order valence-corrected chi connectivity index (χ3v) is 3.63. The fourth-order valence-corrected chi connectivity index (χ4v) is 2.46. The van der Waals surface area contributed by atoms with E-state index in [0.29, 0.717) is 18.1 Å². The molecular formula is C14H18N4OS. The summed E-state index contributed by atoms with van der Waals surface area (Å²) in [6.45, 7) is 0.888. The summed E-state index contributed by atoms with van der Waals surface area (Å²) in [5, 5.41) is 5.08. The lowest BCUT2D eigenvalue weighted by atomic mass is 10.1. The Morgan fingerprint density at radius 2 is 2.25 bits per heavy atom. The van der Waals surface area contributed by atoms with Gasteiger partial charge in [0.1, 0.15) is 0 Å². The van der Waals surface area contributed by atoms with Gasteiger partial charge in [0.2, 0.25) is 0 Å². The SMILES string of the molecule is CN(C)c1cccc(-c2csc(C(=O)NCCN)n2)c1. The summed E-state index contributed by atoms with van der Waals surface area (Å²) in [5.41, 5.74) is 8.28. The smallest absolute Gasteiger partial charge is 0.280 e. The number of nitrogens with zero attached hydrogens (tertiary/aromatic N) is 2. The highest BCUT2D eigenvalue weighted by Gasteiger charge is 2.11. The molecule has 2 aromatic rings. The van der Waals surface area contributed by atoms with Crippen LogP contribution in [0.15, 0.2) is 29.6 Å². The Labute approximate surface area is 122 Å². The summed E-state index contributed by atoms with van der Waals surface area (Å²) in [7, 11) is 3.98. The Morgan fingerprint density at radius 1 is 1.45 bits per heavy atom. The molecule has 0 unspecified atom stereocenters. The average Bonchev–Trinajstić information content (AvgIpc) is 2.94. The molecule has 6 heteroatoms. The van der Waals surface area contributed by atoms with E-state index in [4.69, 9.17) is 5.73 Å². The van der Waals surface area contributed by atoms with Gasteiger partial charge in [0, 0.05) is 43.8 Å². The predicted molar refractivity (Wildman–Crippen MR) is 83.3 cm³/mol. The molecule has 1 aromatic carbocycles. The number of benzene rings is 1. The molecule has 0 radical (unpaired) electrons. The van der Waals surface area contributed by atoms with Crippen molar-refractivity contribution in [3.8, 4) is 11.3 Å². The first-order valence-corrected chi connectivity index (χ1v) is 7.21. The lowest BCUT2D eigenvalue weighted by molar-refractivity contribution is 0.0954. The second-order valence-electron chi connectivity index (χ2n) is 4.53. The van der Waals surface area contributed by atoms with Crippen LogP contribution in [0.25, 0.3) is 11.3 Å². The van der Waals surface area contributed by atoms with Gasteiger partial charge < -0.3 is 16.0 Å². The van der Waals surface area contributed by atoms with E-state index in [9.17, 15) is 4.79 Å². The van der Waals surface area contributed by atoms with Gasteiger partial charge in [0.25, 0.3) is 5.91 Å². The van der Waals surface area contributed by atoms with Crippen LogP contribution in [0.4, 0.5) is 5.69 Å². The van der Waals surface area contributed by atoms with Crippen LogP contribution in [-0.4, -0.2) is 38.1 Å². The zero-order chi connectivity index (χ0) is 14.5. The van der Waals surface area contributed by atoms with Gasteiger partial charge >= 0.3 is 0 Å². The van der Waals surface area contributed by atoms with Gasteiger partial charge in [-0.25, -0.2) is 4.98 Å². The highest BCUT2D eigenvalue weighted by Crippen LogP contribution is 2.25. The molecular weight excluding hydrogens is 272 g/mol. The molecule has 0 fully saturated rings. The minimum absolute atomic E-state index is 0.171. The van der Waals surface area contributed by atoms with E-state index >= 15 is 0 Å². The van der Waals surface area contributed by atoms with Gasteiger partial charge in [-0.3, -0.25) is 4.79 Å². The summed E-state index contributed by atoms with van der Waals surface area (Å²) in [6.07, 6.45) is 0. The van der Waals surface area contributed by atoms with Gasteiger partial charge in [-0.15, -0.1) is 11.3 Å². The molecule has 0 atom stereocenters. The van der Waals surface area contributed by atoms with Gasteiger partial charge in [-0.1, -0.05) is 12.1 Å². The number of amides is 1. The van der Waals surface area contributed by atoms with Crippen molar-refractivity contribution >= 4 is 22.9 Å². The molecule has 5 nitrogen and oxygen atoms in total. The third-order valence-electron chi connectivity index (χ3n) is 2.79. The lowest BCUT2D eigenvalue weighted by Gasteiger charge is -2.12. The molecule has 0 saturated heterocycles. The molecule has 20 heavy (non-hydrogen) atoms. The van der Waals surface area contributed by atoms with Crippen LogP contribution in [-0.2, 0) is 0 Å². The largest absolute Gasteiger partial charge is 0.378 e. The molecule has 0 bridgehead atoms. The maximum atomic E-state index is 11.8. The Morgan fingerprint density at radius 3 is 2.95 bits per heavy atom. The van der Waals surface area contributed by atoms with E-state index in [1.165, 1.54) is 11.3 Å². The molecule has 1 heterocycles. The van der Waals surface area contributed by atoms with Gasteiger partial charge in [-0.05, 0) is 12.1 Å². The molecule has 1 amide bonds. The molecule has 2 rings (SSSR count). The summed E-state index contributed by atoms with van der Waals surface area (Å²) in [4.78, 5) is 18.2. The van der Waals surface area contributed by atoms with E-state index in [2.05, 4.69) is 16.4 Å². The Balaban J connectivity index is 2.20. The van der Waals surface area contributed by atoms with Crippen LogP contribution in [0.1, 0.15) is 9.80 Å². The molecule has 0 aliphatic rings. The summed E-state index contributed by atoms with van der Waals surface area (Å²) in [5.74, 6) is -0.171. The van der Waals surface area contributed by atoms with Crippen molar-refractivity contribution in [1.29, 1.82) is 0 Å².